The topological polar surface area (TPSA) is 51.6 Å². The molecule has 3 aromatic rings. The minimum absolute atomic E-state index is 0. The Morgan fingerprint density at radius 2 is 1.52 bits per heavy atom. The second-order valence-electron chi connectivity index (χ2n) is 7.66. The fourth-order valence-corrected chi connectivity index (χ4v) is 5.19. The van der Waals surface area contributed by atoms with E-state index in [-0.39, 0.29) is 18.2 Å². The molecule has 2 aliphatic carbocycles. The Morgan fingerprint density at radius 3 is 2.19 bits per heavy atom. The van der Waals surface area contributed by atoms with Crippen LogP contribution in [0.4, 0.5) is 0 Å². The first kappa shape index (κ1) is 18.2. The van der Waals surface area contributed by atoms with Crippen LogP contribution in [0.1, 0.15) is 30.4 Å². The molecule has 1 saturated carbocycles. The van der Waals surface area contributed by atoms with E-state index in [1.807, 2.05) is 12.1 Å². The van der Waals surface area contributed by atoms with Crippen molar-refractivity contribution in [2.24, 2.45) is 11.8 Å². The lowest BCUT2D eigenvalue weighted by molar-refractivity contribution is 0.355. The van der Waals surface area contributed by atoms with Crippen molar-refractivity contribution in [3.63, 3.8) is 0 Å². The van der Waals surface area contributed by atoms with E-state index in [0.717, 1.165) is 46.7 Å². The van der Waals surface area contributed by atoms with Gasteiger partial charge < -0.3 is 14.6 Å². The molecule has 1 N–H and O–H groups in total. The van der Waals surface area contributed by atoms with E-state index in [0.29, 0.717) is 5.75 Å². The molecule has 1 fully saturated rings. The smallest absolute Gasteiger partial charge is 0.161 e. The van der Waals surface area contributed by atoms with Crippen molar-refractivity contribution < 1.29 is 14.6 Å². The number of hydrogen-bond acceptors (Lipinski definition) is 4. The van der Waals surface area contributed by atoms with Gasteiger partial charge in [-0.25, -0.2) is 0 Å². The summed E-state index contributed by atoms with van der Waals surface area (Å²) in [6.07, 6.45) is 7.77. The Labute approximate surface area is 164 Å². The molecule has 1 heterocycles. The fraction of sp³-hybridized carbons (Fsp3) is 0.409. The first-order valence-electron chi connectivity index (χ1n) is 9.37. The number of pyridine rings is 1. The standard InChI is InChI=1S/C22H23NO3.ClH/c1-25-20-9-16-15-6-12-4-3-5-13(12)7-18(15)22-19(8-14(24)11-23-22)17(16)10-21(20)26-2;/h8-13,24H,3-7H2,1-2H3;1H. The third-order valence-corrected chi connectivity index (χ3v) is 6.41. The molecule has 0 bridgehead atoms. The number of ether oxygens (including phenoxy) is 2. The Kier molecular flexibility index (Phi) is 4.55. The van der Waals surface area contributed by atoms with Crippen LogP contribution in [0, 0.1) is 11.8 Å². The monoisotopic (exact) mass is 385 g/mol. The quantitative estimate of drug-likeness (QED) is 0.627. The van der Waals surface area contributed by atoms with Gasteiger partial charge in [0.15, 0.2) is 11.5 Å². The van der Waals surface area contributed by atoms with E-state index >= 15 is 0 Å². The number of rotatable bonds is 2. The summed E-state index contributed by atoms with van der Waals surface area (Å²) in [6.45, 7) is 0. The third-order valence-electron chi connectivity index (χ3n) is 6.41. The largest absolute Gasteiger partial charge is 0.506 e. The predicted octanol–water partition coefficient (Wildman–Crippen LogP) is 5.05. The van der Waals surface area contributed by atoms with Crippen molar-refractivity contribution >= 4 is 34.1 Å². The Bertz CT molecular complexity index is 1030. The Morgan fingerprint density at radius 1 is 0.889 bits per heavy atom. The maximum absolute atomic E-state index is 10.1. The van der Waals surface area contributed by atoms with Crippen molar-refractivity contribution in [3.8, 4) is 17.2 Å². The normalized spacial score (nSPS) is 20.8. The van der Waals surface area contributed by atoms with Gasteiger partial charge in [-0.05, 0) is 77.6 Å². The summed E-state index contributed by atoms with van der Waals surface area (Å²) >= 11 is 0. The summed E-state index contributed by atoms with van der Waals surface area (Å²) in [5, 5.41) is 13.3. The highest BCUT2D eigenvalue weighted by molar-refractivity contribution is 6.11. The molecule has 142 valence electrons. The molecule has 0 radical (unpaired) electrons. The zero-order valence-corrected chi connectivity index (χ0v) is 16.4. The van der Waals surface area contributed by atoms with E-state index in [2.05, 4.69) is 11.1 Å². The molecule has 4 nitrogen and oxygen atoms in total. The van der Waals surface area contributed by atoms with E-state index < -0.39 is 0 Å². The summed E-state index contributed by atoms with van der Waals surface area (Å²) in [4.78, 5) is 4.63. The summed E-state index contributed by atoms with van der Waals surface area (Å²) in [7, 11) is 3.33. The van der Waals surface area contributed by atoms with Crippen LogP contribution in [-0.2, 0) is 12.8 Å². The molecule has 2 atom stereocenters. The first-order chi connectivity index (χ1) is 12.7. The summed E-state index contributed by atoms with van der Waals surface area (Å²) in [5.74, 6) is 3.22. The highest BCUT2D eigenvalue weighted by Gasteiger charge is 2.34. The van der Waals surface area contributed by atoms with Crippen LogP contribution in [0.15, 0.2) is 24.4 Å². The second-order valence-corrected chi connectivity index (χ2v) is 7.66. The van der Waals surface area contributed by atoms with E-state index in [9.17, 15) is 5.11 Å². The van der Waals surface area contributed by atoms with Gasteiger partial charge in [-0.1, -0.05) is 6.42 Å². The van der Waals surface area contributed by atoms with Gasteiger partial charge in [-0.2, -0.15) is 0 Å². The highest BCUT2D eigenvalue weighted by Crippen LogP contribution is 2.47. The van der Waals surface area contributed by atoms with Crippen LogP contribution >= 0.6 is 12.4 Å². The van der Waals surface area contributed by atoms with Crippen LogP contribution in [0.2, 0.25) is 0 Å². The van der Waals surface area contributed by atoms with Gasteiger partial charge >= 0.3 is 0 Å². The third kappa shape index (κ3) is 2.69. The average molecular weight is 386 g/mol. The van der Waals surface area contributed by atoms with Crippen LogP contribution in [-0.4, -0.2) is 24.3 Å². The van der Waals surface area contributed by atoms with Crippen molar-refractivity contribution in [3.05, 3.63) is 35.5 Å². The molecule has 5 rings (SSSR count). The van der Waals surface area contributed by atoms with Crippen molar-refractivity contribution in [1.29, 1.82) is 0 Å². The van der Waals surface area contributed by atoms with Gasteiger partial charge in [0.05, 0.1) is 25.9 Å². The maximum Gasteiger partial charge on any atom is 0.161 e. The summed E-state index contributed by atoms with van der Waals surface area (Å²) in [6, 6.07) is 5.96. The molecule has 1 aromatic heterocycles. The lowest BCUT2D eigenvalue weighted by Gasteiger charge is -2.30. The SMILES string of the molecule is COc1cc2c3c(c4ncc(O)cc4c2cc1OC)CC1CCCC1C3.Cl. The Hall–Kier alpha value is -2.20. The average Bonchev–Trinajstić information content (AvgIpc) is 3.13. The molecule has 0 aliphatic heterocycles. The molecule has 27 heavy (non-hydrogen) atoms. The van der Waals surface area contributed by atoms with Crippen LogP contribution < -0.4 is 9.47 Å². The van der Waals surface area contributed by atoms with Gasteiger partial charge in [0.1, 0.15) is 5.75 Å². The number of nitrogens with zero attached hydrogens (tertiary/aromatic N) is 1. The van der Waals surface area contributed by atoms with Crippen LogP contribution in [0.3, 0.4) is 0 Å². The Balaban J connectivity index is 0.00000180. The zero-order chi connectivity index (χ0) is 17.8. The lowest BCUT2D eigenvalue weighted by atomic mass is 9.75. The number of hydrogen-bond donors (Lipinski definition) is 1. The van der Waals surface area contributed by atoms with E-state index in [1.165, 1.54) is 35.8 Å². The molecule has 0 amide bonds. The van der Waals surface area contributed by atoms with Gasteiger partial charge in [0.25, 0.3) is 0 Å². The van der Waals surface area contributed by atoms with Gasteiger partial charge in [-0.15, -0.1) is 12.4 Å². The minimum atomic E-state index is 0. The predicted molar refractivity (Wildman–Crippen MR) is 110 cm³/mol. The molecule has 2 unspecified atom stereocenters. The lowest BCUT2D eigenvalue weighted by Crippen LogP contribution is -2.21. The number of aromatic nitrogens is 1. The number of benzene rings is 2. The minimum Gasteiger partial charge on any atom is -0.506 e. The molecule has 5 heteroatoms. The molecular formula is C22H24ClNO3. The molecule has 0 spiro atoms. The molecule has 0 saturated heterocycles. The van der Waals surface area contributed by atoms with Gasteiger partial charge in [0, 0.05) is 5.39 Å². The molecule has 2 aliphatic rings. The summed E-state index contributed by atoms with van der Waals surface area (Å²) < 4.78 is 11.1. The molecule has 2 aromatic carbocycles. The number of halogens is 1. The number of methoxy groups -OCH3 is 2. The van der Waals surface area contributed by atoms with Crippen molar-refractivity contribution in [1.82, 2.24) is 4.98 Å². The van der Waals surface area contributed by atoms with Crippen LogP contribution in [0.25, 0.3) is 21.7 Å². The van der Waals surface area contributed by atoms with E-state index in [1.54, 1.807) is 20.4 Å². The van der Waals surface area contributed by atoms with Gasteiger partial charge in [-0.3, -0.25) is 4.98 Å². The number of fused-ring (bicyclic) bond motifs is 7. The zero-order valence-electron chi connectivity index (χ0n) is 15.6. The van der Waals surface area contributed by atoms with Crippen molar-refractivity contribution in [2.75, 3.05) is 14.2 Å². The first-order valence-corrected chi connectivity index (χ1v) is 9.37. The van der Waals surface area contributed by atoms with Crippen LogP contribution in [0.5, 0.6) is 17.2 Å². The maximum atomic E-state index is 10.1. The highest BCUT2D eigenvalue weighted by atomic mass is 35.5. The second kappa shape index (κ2) is 6.75. The van der Waals surface area contributed by atoms with Crippen molar-refractivity contribution in [2.45, 2.75) is 32.1 Å². The van der Waals surface area contributed by atoms with E-state index in [4.69, 9.17) is 9.47 Å². The van der Waals surface area contributed by atoms with Gasteiger partial charge in [0.2, 0.25) is 0 Å². The molecular weight excluding hydrogens is 362 g/mol. The fourth-order valence-electron chi connectivity index (χ4n) is 5.19. The number of aromatic hydroxyl groups is 1. The summed E-state index contributed by atoms with van der Waals surface area (Å²) in [5.41, 5.74) is 3.81.